The molecule has 1 heterocycles. The van der Waals surface area contributed by atoms with Gasteiger partial charge in [0.15, 0.2) is 0 Å². The zero-order chi connectivity index (χ0) is 16.2. The molecule has 1 atom stereocenters. The molecule has 0 aliphatic rings. The highest BCUT2D eigenvalue weighted by Crippen LogP contribution is 2.31. The van der Waals surface area contributed by atoms with Gasteiger partial charge in [0.05, 0.1) is 19.5 Å². The van der Waals surface area contributed by atoms with Crippen molar-refractivity contribution in [3.63, 3.8) is 0 Å². The molecule has 23 heavy (non-hydrogen) atoms. The van der Waals surface area contributed by atoms with E-state index in [0.717, 1.165) is 10.9 Å². The number of nitrogens with one attached hydrogen (secondary N) is 1. The molecule has 1 aromatic heterocycles. The summed E-state index contributed by atoms with van der Waals surface area (Å²) in [4.78, 5) is 14.4. The Morgan fingerprint density at radius 2 is 1.87 bits per heavy atom. The predicted molar refractivity (Wildman–Crippen MR) is 90.9 cm³/mol. The van der Waals surface area contributed by atoms with Crippen molar-refractivity contribution >= 4 is 18.7 Å². The molecule has 2 N–H and O–H groups in total. The molecule has 0 bridgehead atoms. The fourth-order valence-electron chi connectivity index (χ4n) is 2.52. The van der Waals surface area contributed by atoms with E-state index < -0.39 is 6.10 Å². The van der Waals surface area contributed by atoms with E-state index in [-0.39, 0.29) is 11.9 Å². The summed E-state index contributed by atoms with van der Waals surface area (Å²) >= 11 is 0. The lowest BCUT2D eigenvalue weighted by Crippen LogP contribution is -2.07. The molecule has 0 saturated carbocycles. The number of hydrogen-bond acceptors (Lipinski definition) is 3. The molecule has 0 spiro atoms. The number of fused-ring (bicyclic) bond motifs is 1. The van der Waals surface area contributed by atoms with Crippen molar-refractivity contribution in [1.82, 2.24) is 4.98 Å². The molecule has 0 saturated heterocycles. The number of aliphatic hydroxyl groups excluding tert-OH is 1. The van der Waals surface area contributed by atoms with Crippen LogP contribution in [0.3, 0.4) is 0 Å². The third-order valence-electron chi connectivity index (χ3n) is 3.71. The van der Waals surface area contributed by atoms with Crippen LogP contribution in [0.25, 0.3) is 10.9 Å². The lowest BCUT2D eigenvalue weighted by molar-refractivity contribution is 0.201. The second kappa shape index (κ2) is 6.71. The molecule has 0 unspecified atom stereocenters. The summed E-state index contributed by atoms with van der Waals surface area (Å²) in [6.45, 7) is 0.394. The summed E-state index contributed by atoms with van der Waals surface area (Å²) < 4.78 is 5.85. The Kier molecular flexibility index (Phi) is 4.48. The van der Waals surface area contributed by atoms with Crippen LogP contribution >= 0.6 is 0 Å². The third kappa shape index (κ3) is 3.30. The number of H-pyrrole nitrogens is 1. The first-order chi connectivity index (χ1) is 11.2. The van der Waals surface area contributed by atoms with E-state index in [4.69, 9.17) is 12.6 Å². The number of ether oxygens (including phenoxy) is 1. The van der Waals surface area contributed by atoms with Crippen molar-refractivity contribution < 1.29 is 9.84 Å². The Bertz CT molecular complexity index is 861. The monoisotopic (exact) mass is 305 g/mol. The maximum absolute atomic E-state index is 11.7. The Morgan fingerprint density at radius 3 is 2.61 bits per heavy atom. The van der Waals surface area contributed by atoms with Gasteiger partial charge in [-0.2, -0.15) is 0 Å². The first-order valence-electron chi connectivity index (χ1n) is 7.40. The number of hydrogen-bond donors (Lipinski definition) is 2. The average molecular weight is 305 g/mol. The topological polar surface area (TPSA) is 62.3 Å². The SMILES string of the molecule is [B]C[C@H](O)c1ccc(OCc2ccccc2)c2[nH]c(=O)ccc12. The zero-order valence-electron chi connectivity index (χ0n) is 12.5. The summed E-state index contributed by atoms with van der Waals surface area (Å²) in [5.41, 5.74) is 2.05. The third-order valence-corrected chi connectivity index (χ3v) is 3.71. The molecule has 0 aliphatic heterocycles. The van der Waals surface area contributed by atoms with Crippen LogP contribution in [-0.4, -0.2) is 17.9 Å². The molecule has 0 amide bonds. The Labute approximate surface area is 135 Å². The number of rotatable bonds is 5. The molecule has 5 heteroatoms. The molecule has 114 valence electrons. The highest BCUT2D eigenvalue weighted by molar-refractivity contribution is 6.09. The summed E-state index contributed by atoms with van der Waals surface area (Å²) in [6.07, 6.45) is -0.676. The van der Waals surface area contributed by atoms with Gasteiger partial charge < -0.3 is 14.8 Å². The highest BCUT2D eigenvalue weighted by atomic mass is 16.5. The van der Waals surface area contributed by atoms with Gasteiger partial charge in [0.25, 0.3) is 0 Å². The Morgan fingerprint density at radius 1 is 1.09 bits per heavy atom. The van der Waals surface area contributed by atoms with Crippen molar-refractivity contribution in [2.45, 2.75) is 19.0 Å². The number of aromatic nitrogens is 1. The largest absolute Gasteiger partial charge is 0.487 e. The van der Waals surface area contributed by atoms with Gasteiger partial charge in [-0.05, 0) is 23.3 Å². The van der Waals surface area contributed by atoms with Crippen LogP contribution < -0.4 is 10.3 Å². The minimum Gasteiger partial charge on any atom is -0.487 e. The lowest BCUT2D eigenvalue weighted by Gasteiger charge is -2.15. The van der Waals surface area contributed by atoms with Gasteiger partial charge >= 0.3 is 0 Å². The minimum absolute atomic E-state index is 0.110. The average Bonchev–Trinajstić information content (AvgIpc) is 2.59. The fourth-order valence-corrected chi connectivity index (χ4v) is 2.52. The van der Waals surface area contributed by atoms with Crippen LogP contribution in [0, 0.1) is 0 Å². The number of aromatic amines is 1. The number of aliphatic hydroxyl groups is 1. The molecule has 0 aliphatic carbocycles. The van der Waals surface area contributed by atoms with E-state index in [1.54, 1.807) is 18.2 Å². The predicted octanol–water partition coefficient (Wildman–Crippen LogP) is 2.73. The van der Waals surface area contributed by atoms with Crippen LogP contribution in [-0.2, 0) is 6.61 Å². The normalized spacial score (nSPS) is 12.2. The molecular weight excluding hydrogens is 289 g/mol. The molecule has 3 rings (SSSR count). The minimum atomic E-state index is -0.786. The van der Waals surface area contributed by atoms with Crippen LogP contribution in [0.15, 0.2) is 59.4 Å². The van der Waals surface area contributed by atoms with E-state index in [2.05, 4.69) is 4.98 Å². The lowest BCUT2D eigenvalue weighted by atomic mass is 9.92. The van der Waals surface area contributed by atoms with E-state index in [9.17, 15) is 9.90 Å². The maximum Gasteiger partial charge on any atom is 0.248 e. The van der Waals surface area contributed by atoms with E-state index in [1.165, 1.54) is 6.07 Å². The van der Waals surface area contributed by atoms with Crippen LogP contribution in [0.4, 0.5) is 0 Å². The Hall–Kier alpha value is -2.53. The van der Waals surface area contributed by atoms with Gasteiger partial charge in [-0.25, -0.2) is 0 Å². The second-order valence-corrected chi connectivity index (χ2v) is 5.29. The van der Waals surface area contributed by atoms with Crippen molar-refractivity contribution in [3.05, 3.63) is 76.1 Å². The summed E-state index contributed by atoms with van der Waals surface area (Å²) in [5, 5.41) is 10.8. The van der Waals surface area contributed by atoms with Crippen LogP contribution in [0.1, 0.15) is 17.2 Å². The van der Waals surface area contributed by atoms with E-state index in [0.29, 0.717) is 23.4 Å². The molecule has 2 radical (unpaired) electrons. The first kappa shape index (κ1) is 15.4. The summed E-state index contributed by atoms with van der Waals surface area (Å²) in [7, 11) is 5.54. The van der Waals surface area contributed by atoms with Gasteiger partial charge in [0.1, 0.15) is 12.4 Å². The smallest absolute Gasteiger partial charge is 0.248 e. The standard InChI is InChI=1S/C18H16BNO3/c19-10-15(21)13-6-8-16(18-14(13)7-9-17(22)20-18)23-11-12-4-2-1-3-5-12/h1-9,15,21H,10-11H2,(H,20,22)/t15-/m0/s1. The zero-order valence-corrected chi connectivity index (χ0v) is 12.5. The Balaban J connectivity index is 2.00. The molecular formula is C18H16BNO3. The van der Waals surface area contributed by atoms with Gasteiger partial charge in [0, 0.05) is 11.5 Å². The van der Waals surface area contributed by atoms with Crippen molar-refractivity contribution in [3.8, 4) is 5.75 Å². The molecule has 4 nitrogen and oxygen atoms in total. The summed E-state index contributed by atoms with van der Waals surface area (Å²) in [6, 6.07) is 16.4. The molecule has 2 aromatic carbocycles. The van der Waals surface area contributed by atoms with Gasteiger partial charge in [-0.15, -0.1) is 0 Å². The van der Waals surface area contributed by atoms with Crippen LogP contribution in [0.2, 0.25) is 6.32 Å². The van der Waals surface area contributed by atoms with Crippen molar-refractivity contribution in [2.24, 2.45) is 0 Å². The highest BCUT2D eigenvalue weighted by Gasteiger charge is 2.13. The molecule has 0 fully saturated rings. The number of benzene rings is 2. The van der Waals surface area contributed by atoms with Gasteiger partial charge in [-0.3, -0.25) is 4.79 Å². The second-order valence-electron chi connectivity index (χ2n) is 5.29. The van der Waals surface area contributed by atoms with E-state index in [1.807, 2.05) is 30.3 Å². The van der Waals surface area contributed by atoms with Crippen molar-refractivity contribution in [2.75, 3.05) is 0 Å². The summed E-state index contributed by atoms with van der Waals surface area (Å²) in [5.74, 6) is 0.564. The van der Waals surface area contributed by atoms with Gasteiger partial charge in [0.2, 0.25) is 5.56 Å². The first-order valence-corrected chi connectivity index (χ1v) is 7.40. The van der Waals surface area contributed by atoms with Gasteiger partial charge in [-0.1, -0.05) is 42.7 Å². The molecule has 3 aromatic rings. The number of pyridine rings is 1. The fraction of sp³-hybridized carbons (Fsp3) is 0.167. The quantitative estimate of drug-likeness (QED) is 0.712. The van der Waals surface area contributed by atoms with E-state index >= 15 is 0 Å². The van der Waals surface area contributed by atoms with Crippen molar-refractivity contribution in [1.29, 1.82) is 0 Å². The maximum atomic E-state index is 11.7. The van der Waals surface area contributed by atoms with Crippen LogP contribution in [0.5, 0.6) is 5.75 Å².